The maximum atomic E-state index is 11.9. The first-order valence-corrected chi connectivity index (χ1v) is 5.85. The van der Waals surface area contributed by atoms with Crippen LogP contribution in [0.3, 0.4) is 0 Å². The Balaban J connectivity index is 2.00. The van der Waals surface area contributed by atoms with Gasteiger partial charge in [-0.15, -0.1) is 0 Å². The lowest BCUT2D eigenvalue weighted by Crippen LogP contribution is -2.37. The van der Waals surface area contributed by atoms with Gasteiger partial charge in [0.05, 0.1) is 13.2 Å². The predicted octanol–water partition coefficient (Wildman–Crippen LogP) is 1.05. The van der Waals surface area contributed by atoms with E-state index < -0.39 is 0 Å². The first-order valence-electron chi connectivity index (χ1n) is 5.85. The molecule has 1 aliphatic rings. The van der Waals surface area contributed by atoms with Crippen LogP contribution in [0.5, 0.6) is 0 Å². The van der Waals surface area contributed by atoms with E-state index in [1.807, 2.05) is 32.2 Å². The quantitative estimate of drug-likeness (QED) is 0.819. The third-order valence-electron chi connectivity index (χ3n) is 3.05. The summed E-state index contributed by atoms with van der Waals surface area (Å²) in [5, 5.41) is 5.98. The highest BCUT2D eigenvalue weighted by atomic mass is 16.5. The molecule has 17 heavy (non-hydrogen) atoms. The standard InChI is InChI=1S/C13H18N2O2/c1-9(14-2)6-15-13(16)10-3-4-11-7-17-8-12(11)5-10/h3-5,9,14H,6-8H2,1-2H3,(H,15,16). The van der Waals surface area contributed by atoms with Gasteiger partial charge in [0.15, 0.2) is 0 Å². The van der Waals surface area contributed by atoms with Crippen LogP contribution in [0.2, 0.25) is 0 Å². The molecule has 0 saturated heterocycles. The Morgan fingerprint density at radius 1 is 1.41 bits per heavy atom. The van der Waals surface area contributed by atoms with Crippen molar-refractivity contribution >= 4 is 5.91 Å². The van der Waals surface area contributed by atoms with E-state index in [0.29, 0.717) is 25.3 Å². The molecule has 1 amide bonds. The predicted molar refractivity (Wildman–Crippen MR) is 65.8 cm³/mol. The zero-order valence-corrected chi connectivity index (χ0v) is 10.2. The summed E-state index contributed by atoms with van der Waals surface area (Å²) in [6.45, 7) is 3.93. The second-order valence-corrected chi connectivity index (χ2v) is 4.38. The highest BCUT2D eigenvalue weighted by Gasteiger charge is 2.14. The average molecular weight is 234 g/mol. The maximum absolute atomic E-state index is 11.9. The van der Waals surface area contributed by atoms with Crippen LogP contribution >= 0.6 is 0 Å². The van der Waals surface area contributed by atoms with Gasteiger partial charge in [-0.2, -0.15) is 0 Å². The van der Waals surface area contributed by atoms with Crippen LogP contribution in [-0.2, 0) is 18.0 Å². The van der Waals surface area contributed by atoms with Crippen LogP contribution in [0.25, 0.3) is 0 Å². The molecule has 1 aromatic rings. The summed E-state index contributed by atoms with van der Waals surface area (Å²) >= 11 is 0. The SMILES string of the molecule is CNC(C)CNC(=O)c1ccc2c(c1)COC2. The summed E-state index contributed by atoms with van der Waals surface area (Å²) in [6, 6.07) is 6.02. The largest absolute Gasteiger partial charge is 0.372 e. The number of hydrogen-bond donors (Lipinski definition) is 2. The number of ether oxygens (including phenoxy) is 1. The van der Waals surface area contributed by atoms with E-state index in [2.05, 4.69) is 10.6 Å². The van der Waals surface area contributed by atoms with Crippen LogP contribution in [0.4, 0.5) is 0 Å². The molecule has 0 saturated carbocycles. The zero-order chi connectivity index (χ0) is 12.3. The fourth-order valence-electron chi connectivity index (χ4n) is 1.76. The topological polar surface area (TPSA) is 50.4 Å². The molecule has 2 rings (SSSR count). The average Bonchev–Trinajstić information content (AvgIpc) is 2.82. The van der Waals surface area contributed by atoms with Crippen molar-refractivity contribution < 1.29 is 9.53 Å². The normalized spacial score (nSPS) is 15.4. The fourth-order valence-corrected chi connectivity index (χ4v) is 1.76. The first-order chi connectivity index (χ1) is 8.20. The van der Waals surface area contributed by atoms with E-state index in [4.69, 9.17) is 4.74 Å². The molecule has 92 valence electrons. The maximum Gasteiger partial charge on any atom is 0.251 e. The lowest BCUT2D eigenvalue weighted by atomic mass is 10.1. The fraction of sp³-hybridized carbons (Fsp3) is 0.462. The summed E-state index contributed by atoms with van der Waals surface area (Å²) in [6.07, 6.45) is 0. The molecular weight excluding hydrogens is 216 g/mol. The van der Waals surface area contributed by atoms with Crippen LogP contribution in [-0.4, -0.2) is 25.5 Å². The van der Waals surface area contributed by atoms with Gasteiger partial charge in [-0.05, 0) is 37.2 Å². The number of nitrogens with one attached hydrogen (secondary N) is 2. The molecule has 0 bridgehead atoms. The van der Waals surface area contributed by atoms with E-state index >= 15 is 0 Å². The lowest BCUT2D eigenvalue weighted by Gasteiger charge is -2.11. The number of carbonyl (C=O) groups excluding carboxylic acids is 1. The smallest absolute Gasteiger partial charge is 0.251 e. The van der Waals surface area contributed by atoms with Crippen molar-refractivity contribution in [1.82, 2.24) is 10.6 Å². The third kappa shape index (κ3) is 2.84. The molecule has 0 aromatic heterocycles. The molecule has 0 aliphatic carbocycles. The van der Waals surface area contributed by atoms with Crippen molar-refractivity contribution in [1.29, 1.82) is 0 Å². The van der Waals surface area contributed by atoms with Gasteiger partial charge in [-0.1, -0.05) is 6.07 Å². The molecule has 1 atom stereocenters. The van der Waals surface area contributed by atoms with E-state index in [1.165, 1.54) is 5.56 Å². The Morgan fingerprint density at radius 2 is 2.18 bits per heavy atom. The van der Waals surface area contributed by atoms with Crippen LogP contribution in [0.1, 0.15) is 28.4 Å². The van der Waals surface area contributed by atoms with Crippen LogP contribution in [0, 0.1) is 0 Å². The minimum absolute atomic E-state index is 0.0261. The number of benzene rings is 1. The summed E-state index contributed by atoms with van der Waals surface area (Å²) in [5.41, 5.74) is 3.02. The van der Waals surface area contributed by atoms with Gasteiger partial charge in [0, 0.05) is 18.2 Å². The summed E-state index contributed by atoms with van der Waals surface area (Å²) < 4.78 is 5.32. The monoisotopic (exact) mass is 234 g/mol. The highest BCUT2D eigenvalue weighted by molar-refractivity contribution is 5.94. The van der Waals surface area contributed by atoms with E-state index in [0.717, 1.165) is 5.56 Å². The molecular formula is C13H18N2O2. The Kier molecular flexibility index (Phi) is 3.76. The third-order valence-corrected chi connectivity index (χ3v) is 3.05. The molecule has 1 heterocycles. The molecule has 0 radical (unpaired) electrons. The van der Waals surface area contributed by atoms with Crippen LogP contribution in [0.15, 0.2) is 18.2 Å². The summed E-state index contributed by atoms with van der Waals surface area (Å²) in [7, 11) is 1.88. The van der Waals surface area contributed by atoms with Gasteiger partial charge in [0.2, 0.25) is 0 Å². The summed E-state index contributed by atoms with van der Waals surface area (Å²) in [4.78, 5) is 11.9. The van der Waals surface area contributed by atoms with E-state index in [9.17, 15) is 4.79 Å². The van der Waals surface area contributed by atoms with Crippen LogP contribution < -0.4 is 10.6 Å². The molecule has 0 spiro atoms. The lowest BCUT2D eigenvalue weighted by molar-refractivity contribution is 0.0950. The Morgan fingerprint density at radius 3 is 2.94 bits per heavy atom. The van der Waals surface area contributed by atoms with Gasteiger partial charge < -0.3 is 15.4 Å². The van der Waals surface area contributed by atoms with Crippen molar-refractivity contribution in [2.45, 2.75) is 26.2 Å². The van der Waals surface area contributed by atoms with Gasteiger partial charge in [0.25, 0.3) is 5.91 Å². The minimum Gasteiger partial charge on any atom is -0.372 e. The number of carbonyl (C=O) groups is 1. The number of amides is 1. The van der Waals surface area contributed by atoms with Gasteiger partial charge in [-0.25, -0.2) is 0 Å². The highest BCUT2D eigenvalue weighted by Crippen LogP contribution is 2.20. The zero-order valence-electron chi connectivity index (χ0n) is 10.2. The number of hydrogen-bond acceptors (Lipinski definition) is 3. The molecule has 4 nitrogen and oxygen atoms in total. The number of fused-ring (bicyclic) bond motifs is 1. The molecule has 0 fully saturated rings. The van der Waals surface area contributed by atoms with Gasteiger partial charge in [0.1, 0.15) is 0 Å². The molecule has 4 heteroatoms. The van der Waals surface area contributed by atoms with Crippen molar-refractivity contribution in [3.63, 3.8) is 0 Å². The van der Waals surface area contributed by atoms with Crippen molar-refractivity contribution in [2.75, 3.05) is 13.6 Å². The van der Waals surface area contributed by atoms with Gasteiger partial charge >= 0.3 is 0 Å². The van der Waals surface area contributed by atoms with Gasteiger partial charge in [-0.3, -0.25) is 4.79 Å². The second kappa shape index (κ2) is 5.29. The van der Waals surface area contributed by atoms with Crippen molar-refractivity contribution in [3.05, 3.63) is 34.9 Å². The minimum atomic E-state index is -0.0261. The molecule has 1 aliphatic heterocycles. The summed E-state index contributed by atoms with van der Waals surface area (Å²) in [5.74, 6) is -0.0261. The Bertz CT molecular complexity index is 418. The molecule has 1 aromatic carbocycles. The van der Waals surface area contributed by atoms with Crippen molar-refractivity contribution in [2.24, 2.45) is 0 Å². The first kappa shape index (κ1) is 12.1. The Hall–Kier alpha value is -1.39. The number of likely N-dealkylation sites (N-methyl/N-ethyl adjacent to an activating group) is 1. The van der Waals surface area contributed by atoms with Crippen molar-refractivity contribution in [3.8, 4) is 0 Å². The molecule has 2 N–H and O–H groups in total. The second-order valence-electron chi connectivity index (χ2n) is 4.38. The van der Waals surface area contributed by atoms with E-state index in [-0.39, 0.29) is 11.9 Å². The van der Waals surface area contributed by atoms with E-state index in [1.54, 1.807) is 0 Å². The molecule has 1 unspecified atom stereocenters. The number of rotatable bonds is 4. The Labute approximate surface area is 101 Å².